The molecule has 2 aromatic heterocycles. The molecule has 0 saturated carbocycles. The Kier molecular flexibility index (Phi) is 5.21. The van der Waals surface area contributed by atoms with Gasteiger partial charge in [0.05, 0.1) is 5.69 Å². The van der Waals surface area contributed by atoms with Gasteiger partial charge in [-0.1, -0.05) is 18.7 Å². The van der Waals surface area contributed by atoms with Crippen molar-refractivity contribution in [3.05, 3.63) is 52.7 Å². The number of thioether (sulfide) groups is 1. The third-order valence-electron chi connectivity index (χ3n) is 3.35. The standard InChI is InChI=1S/C16H13F2N5O2S/c1-2-26-16-19-6-10-14(22-16)20-8-23(15(10)25)7-13(24)21-12-4-3-9(17)5-11(12)18/h3-6,8H,2,7H2,1H3,(H,21,24). The minimum absolute atomic E-state index is 0.175. The smallest absolute Gasteiger partial charge is 0.264 e. The van der Waals surface area contributed by atoms with Crippen LogP contribution in [0.1, 0.15) is 6.92 Å². The normalized spacial score (nSPS) is 10.9. The molecule has 1 amide bonds. The number of nitrogens with one attached hydrogen (secondary N) is 1. The van der Waals surface area contributed by atoms with Crippen molar-refractivity contribution in [3.8, 4) is 0 Å². The molecule has 0 spiro atoms. The third kappa shape index (κ3) is 3.85. The van der Waals surface area contributed by atoms with Crippen molar-refractivity contribution >= 4 is 34.4 Å². The highest BCUT2D eigenvalue weighted by atomic mass is 32.2. The molecule has 134 valence electrons. The average molecular weight is 377 g/mol. The molecule has 0 bridgehead atoms. The lowest BCUT2D eigenvalue weighted by atomic mass is 10.3. The SMILES string of the molecule is CCSc1ncc2c(=O)n(CC(=O)Nc3ccc(F)cc3F)cnc2n1. The first-order chi connectivity index (χ1) is 12.5. The maximum Gasteiger partial charge on any atom is 0.264 e. The Labute approximate surface area is 150 Å². The van der Waals surface area contributed by atoms with Gasteiger partial charge in [0.2, 0.25) is 5.91 Å². The molecule has 0 radical (unpaired) electrons. The Bertz CT molecular complexity index is 1040. The Morgan fingerprint density at radius 2 is 2.12 bits per heavy atom. The van der Waals surface area contributed by atoms with Gasteiger partial charge in [-0.25, -0.2) is 23.7 Å². The van der Waals surface area contributed by atoms with Crippen molar-refractivity contribution in [2.45, 2.75) is 18.6 Å². The Morgan fingerprint density at radius 3 is 2.85 bits per heavy atom. The van der Waals surface area contributed by atoms with Crippen molar-refractivity contribution in [3.63, 3.8) is 0 Å². The number of rotatable bonds is 5. The largest absolute Gasteiger partial charge is 0.322 e. The van der Waals surface area contributed by atoms with Crippen LogP contribution >= 0.6 is 11.8 Å². The molecule has 7 nitrogen and oxygen atoms in total. The molecule has 0 unspecified atom stereocenters. The van der Waals surface area contributed by atoms with Gasteiger partial charge in [0.15, 0.2) is 10.8 Å². The van der Waals surface area contributed by atoms with Gasteiger partial charge < -0.3 is 5.32 Å². The highest BCUT2D eigenvalue weighted by Crippen LogP contribution is 2.15. The van der Waals surface area contributed by atoms with Crippen molar-refractivity contribution in [2.75, 3.05) is 11.1 Å². The Hall–Kier alpha value is -2.88. The van der Waals surface area contributed by atoms with Crippen LogP contribution in [-0.2, 0) is 11.3 Å². The van der Waals surface area contributed by atoms with E-state index < -0.39 is 23.1 Å². The van der Waals surface area contributed by atoms with E-state index in [2.05, 4.69) is 20.3 Å². The minimum Gasteiger partial charge on any atom is -0.322 e. The minimum atomic E-state index is -0.906. The van der Waals surface area contributed by atoms with Crippen molar-refractivity contribution < 1.29 is 13.6 Å². The molecule has 26 heavy (non-hydrogen) atoms. The molecule has 0 aliphatic rings. The first-order valence-electron chi connectivity index (χ1n) is 7.58. The number of fused-ring (bicyclic) bond motifs is 1. The van der Waals surface area contributed by atoms with Crippen LogP contribution in [0.3, 0.4) is 0 Å². The quantitative estimate of drug-likeness (QED) is 0.542. The van der Waals surface area contributed by atoms with Crippen LogP contribution in [0.5, 0.6) is 0 Å². The third-order valence-corrected chi connectivity index (χ3v) is 4.09. The summed E-state index contributed by atoms with van der Waals surface area (Å²) in [6.45, 7) is 1.57. The van der Waals surface area contributed by atoms with Crippen molar-refractivity contribution in [1.29, 1.82) is 0 Å². The molecule has 0 atom stereocenters. The van der Waals surface area contributed by atoms with Gasteiger partial charge in [0, 0.05) is 12.3 Å². The number of carbonyl (C=O) groups excluding carboxylic acids is 1. The number of anilines is 1. The summed E-state index contributed by atoms with van der Waals surface area (Å²) in [6, 6.07) is 2.78. The first kappa shape index (κ1) is 17.9. The predicted molar refractivity (Wildman–Crippen MR) is 93.0 cm³/mol. The molecule has 0 saturated heterocycles. The number of amides is 1. The second-order valence-electron chi connectivity index (χ2n) is 5.17. The Balaban J connectivity index is 1.82. The molecule has 3 aromatic rings. The zero-order valence-electron chi connectivity index (χ0n) is 13.6. The summed E-state index contributed by atoms with van der Waals surface area (Å²) in [5.41, 5.74) is -0.428. The molecule has 3 rings (SSSR count). The molecule has 0 aliphatic heterocycles. The predicted octanol–water partition coefficient (Wildman–Crippen LogP) is 2.22. The van der Waals surface area contributed by atoms with E-state index in [1.54, 1.807) is 0 Å². The van der Waals surface area contributed by atoms with E-state index in [9.17, 15) is 18.4 Å². The summed E-state index contributed by atoms with van der Waals surface area (Å²) < 4.78 is 27.5. The fraction of sp³-hybridized carbons (Fsp3) is 0.188. The summed E-state index contributed by atoms with van der Waals surface area (Å²) >= 11 is 1.42. The van der Waals surface area contributed by atoms with Crippen LogP contribution in [-0.4, -0.2) is 31.2 Å². The highest BCUT2D eigenvalue weighted by Gasteiger charge is 2.12. The van der Waals surface area contributed by atoms with Crippen LogP contribution in [0.15, 0.2) is 40.7 Å². The van der Waals surface area contributed by atoms with Crippen LogP contribution in [0.2, 0.25) is 0 Å². The lowest BCUT2D eigenvalue weighted by molar-refractivity contribution is -0.116. The van der Waals surface area contributed by atoms with Crippen molar-refractivity contribution in [2.24, 2.45) is 0 Å². The van der Waals surface area contributed by atoms with Gasteiger partial charge >= 0.3 is 0 Å². The van der Waals surface area contributed by atoms with E-state index in [4.69, 9.17) is 0 Å². The van der Waals surface area contributed by atoms with E-state index in [1.807, 2.05) is 6.92 Å². The van der Waals surface area contributed by atoms with E-state index in [-0.39, 0.29) is 23.3 Å². The van der Waals surface area contributed by atoms with Crippen LogP contribution in [0.4, 0.5) is 14.5 Å². The Morgan fingerprint density at radius 1 is 1.31 bits per heavy atom. The summed E-state index contributed by atoms with van der Waals surface area (Å²) in [5.74, 6) is -1.53. The molecular weight excluding hydrogens is 364 g/mol. The molecule has 1 aromatic carbocycles. The second-order valence-corrected chi connectivity index (χ2v) is 6.40. The molecule has 0 fully saturated rings. The highest BCUT2D eigenvalue weighted by molar-refractivity contribution is 7.99. The van der Waals surface area contributed by atoms with E-state index >= 15 is 0 Å². The monoisotopic (exact) mass is 377 g/mol. The first-order valence-corrected chi connectivity index (χ1v) is 8.56. The van der Waals surface area contributed by atoms with E-state index in [0.717, 1.165) is 22.5 Å². The van der Waals surface area contributed by atoms with Crippen LogP contribution in [0, 0.1) is 11.6 Å². The zero-order chi connectivity index (χ0) is 18.7. The maximum atomic E-state index is 13.6. The fourth-order valence-corrected chi connectivity index (χ4v) is 2.72. The molecule has 2 heterocycles. The van der Waals surface area contributed by atoms with Gasteiger partial charge in [-0.15, -0.1) is 0 Å². The maximum absolute atomic E-state index is 13.6. The van der Waals surface area contributed by atoms with Crippen LogP contribution in [0.25, 0.3) is 11.0 Å². The molecule has 1 N–H and O–H groups in total. The van der Waals surface area contributed by atoms with Gasteiger partial charge in [0.25, 0.3) is 5.56 Å². The zero-order valence-corrected chi connectivity index (χ0v) is 14.4. The topological polar surface area (TPSA) is 89.8 Å². The summed E-state index contributed by atoms with van der Waals surface area (Å²) in [4.78, 5) is 36.8. The van der Waals surface area contributed by atoms with Gasteiger partial charge in [-0.3, -0.25) is 14.2 Å². The van der Waals surface area contributed by atoms with E-state index in [1.165, 1.54) is 24.3 Å². The van der Waals surface area contributed by atoms with Crippen LogP contribution < -0.4 is 10.9 Å². The summed E-state index contributed by atoms with van der Waals surface area (Å²) in [5, 5.41) is 2.97. The summed E-state index contributed by atoms with van der Waals surface area (Å²) in [7, 11) is 0. The number of hydrogen-bond donors (Lipinski definition) is 1. The number of halogens is 2. The summed E-state index contributed by atoms with van der Waals surface area (Å²) in [6.07, 6.45) is 2.56. The number of aromatic nitrogens is 4. The number of nitrogens with zero attached hydrogens (tertiary/aromatic N) is 4. The number of benzene rings is 1. The average Bonchev–Trinajstić information content (AvgIpc) is 2.60. The van der Waals surface area contributed by atoms with E-state index in [0.29, 0.717) is 11.2 Å². The molecule has 10 heteroatoms. The molecule has 0 aliphatic carbocycles. The van der Waals surface area contributed by atoms with Gasteiger partial charge in [-0.2, -0.15) is 0 Å². The lowest BCUT2D eigenvalue weighted by Crippen LogP contribution is -2.28. The molecular formula is C16H13F2N5O2S. The van der Waals surface area contributed by atoms with Gasteiger partial charge in [0.1, 0.15) is 29.9 Å². The fourth-order valence-electron chi connectivity index (χ4n) is 2.18. The van der Waals surface area contributed by atoms with Gasteiger partial charge in [-0.05, 0) is 17.9 Å². The van der Waals surface area contributed by atoms with Crippen molar-refractivity contribution in [1.82, 2.24) is 19.5 Å². The second kappa shape index (κ2) is 7.56. The number of carbonyl (C=O) groups is 1. The number of hydrogen-bond acceptors (Lipinski definition) is 6. The lowest BCUT2D eigenvalue weighted by Gasteiger charge is -2.08.